The van der Waals surface area contributed by atoms with Crippen molar-refractivity contribution in [3.05, 3.63) is 64.1 Å². The number of amides is 1. The molecule has 186 valence electrons. The van der Waals surface area contributed by atoms with E-state index in [9.17, 15) is 9.35 Å². The lowest BCUT2D eigenvalue weighted by Gasteiger charge is -2.38. The van der Waals surface area contributed by atoms with E-state index in [1.807, 2.05) is 24.3 Å². The van der Waals surface area contributed by atoms with Crippen molar-refractivity contribution in [3.63, 3.8) is 0 Å². The van der Waals surface area contributed by atoms with E-state index in [4.69, 9.17) is 5.73 Å². The molecule has 0 saturated carbocycles. The predicted octanol–water partition coefficient (Wildman–Crippen LogP) is 3.02. The predicted molar refractivity (Wildman–Crippen MR) is 141 cm³/mol. The highest BCUT2D eigenvalue weighted by molar-refractivity contribution is 9.10. The molecule has 1 aliphatic rings. The first-order chi connectivity index (χ1) is 16.9. The summed E-state index contributed by atoms with van der Waals surface area (Å²) in [5.74, 6) is 0.678. The van der Waals surface area contributed by atoms with Crippen LogP contribution in [0.5, 0.6) is 0 Å². The first-order valence-corrected chi connectivity index (χ1v) is 13.5. The Kier molecular flexibility index (Phi) is 8.66. The minimum atomic E-state index is -1.54. The molecule has 2 aromatic carbocycles. The zero-order valence-electron chi connectivity index (χ0n) is 19.6. The van der Waals surface area contributed by atoms with E-state index in [2.05, 4.69) is 69.9 Å². The van der Waals surface area contributed by atoms with Gasteiger partial charge in [-0.1, -0.05) is 40.2 Å². The number of nitrogens with zero attached hydrogens (tertiary/aromatic N) is 4. The zero-order valence-corrected chi connectivity index (χ0v) is 22.0. The molecule has 11 heteroatoms. The van der Waals surface area contributed by atoms with Crippen LogP contribution in [0, 0.1) is 0 Å². The second kappa shape index (κ2) is 11.9. The molecule has 3 aromatic rings. The summed E-state index contributed by atoms with van der Waals surface area (Å²) in [5, 5.41) is 6.86. The van der Waals surface area contributed by atoms with Crippen LogP contribution in [0.4, 0.5) is 11.9 Å². The van der Waals surface area contributed by atoms with Gasteiger partial charge in [0.25, 0.3) is 5.91 Å². The van der Waals surface area contributed by atoms with Gasteiger partial charge in [-0.3, -0.25) is 9.69 Å². The van der Waals surface area contributed by atoms with Crippen LogP contribution in [0.2, 0.25) is 0 Å². The number of anilines is 2. The Hall–Kier alpha value is -2.60. The summed E-state index contributed by atoms with van der Waals surface area (Å²) in [6, 6.07) is 16.5. The van der Waals surface area contributed by atoms with Crippen LogP contribution in [-0.2, 0) is 29.1 Å². The second-order valence-electron chi connectivity index (χ2n) is 8.65. The van der Waals surface area contributed by atoms with Crippen molar-refractivity contribution in [1.29, 1.82) is 0 Å². The lowest BCUT2D eigenvalue weighted by molar-refractivity contribution is -0.117. The van der Waals surface area contributed by atoms with Gasteiger partial charge in [-0.2, -0.15) is 9.71 Å². The van der Waals surface area contributed by atoms with E-state index in [0.29, 0.717) is 10.9 Å². The van der Waals surface area contributed by atoms with Crippen LogP contribution in [0.3, 0.4) is 0 Å². The number of hydrogen-bond acceptors (Lipinski definition) is 7. The average Bonchev–Trinajstić information content (AvgIpc) is 3.29. The molecule has 4 rings (SSSR count). The third-order valence-electron chi connectivity index (χ3n) is 6.13. The SMILES string of the molecule is CC(=O)N[S+]([O-])c1ccc(CN(CCc2ccc(Br)cc2)C2CCN(c3nc(N)n[nH]3)CC2)cc1. The number of nitrogens with one attached hydrogen (secondary N) is 2. The molecule has 0 radical (unpaired) electrons. The van der Waals surface area contributed by atoms with Crippen LogP contribution in [0.15, 0.2) is 57.9 Å². The number of nitrogens with two attached hydrogens (primary N) is 1. The Labute approximate surface area is 216 Å². The summed E-state index contributed by atoms with van der Waals surface area (Å²) >= 11 is 1.97. The molecule has 35 heavy (non-hydrogen) atoms. The number of nitrogen functional groups attached to an aromatic ring is 1. The van der Waals surface area contributed by atoms with Crippen molar-refractivity contribution in [1.82, 2.24) is 24.8 Å². The van der Waals surface area contributed by atoms with Crippen LogP contribution in [-0.4, -0.2) is 56.2 Å². The average molecular weight is 561 g/mol. The van der Waals surface area contributed by atoms with Crippen molar-refractivity contribution in [2.75, 3.05) is 30.3 Å². The van der Waals surface area contributed by atoms with Crippen LogP contribution in [0.1, 0.15) is 30.9 Å². The molecular weight excluding hydrogens is 530 g/mol. The van der Waals surface area contributed by atoms with Crippen molar-refractivity contribution < 1.29 is 9.35 Å². The number of rotatable bonds is 9. The van der Waals surface area contributed by atoms with Gasteiger partial charge in [0, 0.05) is 43.6 Å². The Morgan fingerprint density at radius 1 is 1.20 bits per heavy atom. The molecule has 1 unspecified atom stereocenters. The maximum atomic E-state index is 12.2. The number of carbonyl (C=O) groups excluding carboxylic acids is 1. The summed E-state index contributed by atoms with van der Waals surface area (Å²) in [5.41, 5.74) is 8.12. The number of piperidine rings is 1. The van der Waals surface area contributed by atoms with Gasteiger partial charge < -0.3 is 15.2 Å². The van der Waals surface area contributed by atoms with Crippen LogP contribution in [0.25, 0.3) is 0 Å². The van der Waals surface area contributed by atoms with Gasteiger partial charge in [0.15, 0.2) is 4.90 Å². The summed E-state index contributed by atoms with van der Waals surface area (Å²) < 4.78 is 15.7. The van der Waals surface area contributed by atoms with Crippen molar-refractivity contribution in [2.24, 2.45) is 0 Å². The molecule has 0 spiro atoms. The number of carbonyl (C=O) groups is 1. The van der Waals surface area contributed by atoms with E-state index >= 15 is 0 Å². The van der Waals surface area contributed by atoms with E-state index in [0.717, 1.165) is 61.4 Å². The Balaban J connectivity index is 1.42. The van der Waals surface area contributed by atoms with Crippen LogP contribution >= 0.6 is 15.9 Å². The number of H-pyrrole nitrogens is 1. The third-order valence-corrected chi connectivity index (χ3v) is 7.83. The smallest absolute Gasteiger partial charge is 0.258 e. The summed E-state index contributed by atoms with van der Waals surface area (Å²) in [7, 11) is 0. The van der Waals surface area contributed by atoms with Crippen molar-refractivity contribution >= 4 is 45.1 Å². The molecule has 1 atom stereocenters. The maximum absolute atomic E-state index is 12.2. The molecule has 1 saturated heterocycles. The van der Waals surface area contributed by atoms with Gasteiger partial charge in [-0.25, -0.2) is 5.10 Å². The molecule has 1 aliphatic heterocycles. The monoisotopic (exact) mass is 559 g/mol. The van der Waals surface area contributed by atoms with Gasteiger partial charge in [0.2, 0.25) is 11.9 Å². The van der Waals surface area contributed by atoms with Crippen molar-refractivity contribution in [3.8, 4) is 0 Å². The standard InChI is InChI=1S/C24H30BrN7O2S/c1-17(33)30-35(34)22-8-4-19(5-9-22)16-32(13-10-18-2-6-20(25)7-3-18)21-11-14-31(15-12-21)24-27-23(26)28-29-24/h2-9,21H,10-16H2,1H3,(H,30,33)(H3,26,27,28,29). The Bertz CT molecular complexity index is 1100. The van der Waals surface area contributed by atoms with Crippen LogP contribution < -0.4 is 15.4 Å². The highest BCUT2D eigenvalue weighted by Crippen LogP contribution is 2.23. The number of aromatic nitrogens is 3. The lowest BCUT2D eigenvalue weighted by Crippen LogP contribution is -2.45. The molecule has 2 heterocycles. The van der Waals surface area contributed by atoms with Gasteiger partial charge in [0.1, 0.15) is 11.4 Å². The molecule has 0 aliphatic carbocycles. The second-order valence-corrected chi connectivity index (χ2v) is 10.8. The number of hydrogen-bond donors (Lipinski definition) is 3. The topological polar surface area (TPSA) is 126 Å². The van der Waals surface area contributed by atoms with E-state index in [1.165, 1.54) is 12.5 Å². The van der Waals surface area contributed by atoms with Gasteiger partial charge >= 0.3 is 0 Å². The first-order valence-electron chi connectivity index (χ1n) is 11.6. The zero-order chi connectivity index (χ0) is 24.8. The molecular formula is C24H30BrN7O2S. The summed E-state index contributed by atoms with van der Waals surface area (Å²) in [6.07, 6.45) is 2.97. The Morgan fingerprint density at radius 3 is 2.46 bits per heavy atom. The number of benzene rings is 2. The Morgan fingerprint density at radius 2 is 1.86 bits per heavy atom. The van der Waals surface area contributed by atoms with Gasteiger partial charge in [0.05, 0.1) is 0 Å². The molecule has 1 fully saturated rings. The molecule has 1 amide bonds. The normalized spacial score (nSPS) is 15.4. The fourth-order valence-electron chi connectivity index (χ4n) is 4.31. The fourth-order valence-corrected chi connectivity index (χ4v) is 5.33. The first kappa shape index (κ1) is 25.5. The number of halogens is 1. The molecule has 9 nitrogen and oxygen atoms in total. The fraction of sp³-hybridized carbons (Fsp3) is 0.375. The molecule has 4 N–H and O–H groups in total. The van der Waals surface area contributed by atoms with Gasteiger partial charge in [-0.05, 0) is 54.7 Å². The lowest BCUT2D eigenvalue weighted by atomic mass is 10.0. The highest BCUT2D eigenvalue weighted by atomic mass is 79.9. The van der Waals surface area contributed by atoms with Crippen molar-refractivity contribution in [2.45, 2.75) is 43.7 Å². The summed E-state index contributed by atoms with van der Waals surface area (Å²) in [6.45, 7) is 4.84. The third kappa shape index (κ3) is 7.20. The number of aromatic amines is 1. The van der Waals surface area contributed by atoms with E-state index in [1.54, 1.807) is 0 Å². The minimum Gasteiger partial charge on any atom is -0.588 e. The quantitative estimate of drug-likeness (QED) is 0.344. The minimum absolute atomic E-state index is 0.265. The largest absolute Gasteiger partial charge is 0.588 e. The van der Waals surface area contributed by atoms with E-state index in [-0.39, 0.29) is 11.9 Å². The van der Waals surface area contributed by atoms with E-state index < -0.39 is 11.4 Å². The summed E-state index contributed by atoms with van der Waals surface area (Å²) in [4.78, 5) is 20.8. The molecule has 0 bridgehead atoms. The molecule has 1 aromatic heterocycles. The highest BCUT2D eigenvalue weighted by Gasteiger charge is 2.26. The van der Waals surface area contributed by atoms with Gasteiger partial charge in [-0.15, -0.1) is 5.10 Å². The maximum Gasteiger partial charge on any atom is 0.258 e.